The monoisotopic (exact) mass is 309 g/mol. The van der Waals surface area contributed by atoms with E-state index in [2.05, 4.69) is 4.90 Å². The lowest BCUT2D eigenvalue weighted by Gasteiger charge is -2.30. The van der Waals surface area contributed by atoms with Crippen LogP contribution in [0.3, 0.4) is 0 Å². The number of benzene rings is 1. The molecule has 1 fully saturated rings. The molecule has 1 aliphatic heterocycles. The van der Waals surface area contributed by atoms with Crippen LogP contribution in [0.15, 0.2) is 30.3 Å². The minimum absolute atomic E-state index is 0.107. The van der Waals surface area contributed by atoms with Gasteiger partial charge in [-0.1, -0.05) is 44.2 Å². The zero-order valence-corrected chi connectivity index (χ0v) is 13.5. The quantitative estimate of drug-likeness (QED) is 0.799. The van der Waals surface area contributed by atoms with Crippen LogP contribution in [0.5, 0.6) is 0 Å². The van der Waals surface area contributed by atoms with Gasteiger partial charge in [-0.05, 0) is 13.0 Å². The zero-order chi connectivity index (χ0) is 15.5. The summed E-state index contributed by atoms with van der Waals surface area (Å²) >= 11 is 0. The molecule has 5 heteroatoms. The number of hydrogen-bond donors (Lipinski definition) is 0. The molecule has 0 aromatic heterocycles. The van der Waals surface area contributed by atoms with Gasteiger partial charge in [0.05, 0.1) is 11.5 Å². The highest BCUT2D eigenvalue weighted by Gasteiger charge is 2.32. The summed E-state index contributed by atoms with van der Waals surface area (Å²) in [4.78, 5) is 14.7. The van der Waals surface area contributed by atoms with Gasteiger partial charge < -0.3 is 4.90 Å². The molecule has 1 heterocycles. The maximum absolute atomic E-state index is 12.6. The summed E-state index contributed by atoms with van der Waals surface area (Å²) in [6.07, 6.45) is 0.651. The van der Waals surface area contributed by atoms with Crippen molar-refractivity contribution in [3.63, 3.8) is 0 Å². The smallest absolute Gasteiger partial charge is 0.169 e. The molecule has 0 spiro atoms. The summed E-state index contributed by atoms with van der Waals surface area (Å²) in [5.74, 6) is 0.564. The standard InChI is InChI=1S/C16H23NO3S/c1-16(2,15(18)14-7-4-3-5-8-14)13-17-9-6-11-21(19,20)12-10-17/h3-5,7-8H,6,9-13H2,1-2H3. The van der Waals surface area contributed by atoms with Crippen LogP contribution in [0, 0.1) is 5.41 Å². The predicted octanol–water partition coefficient (Wildman–Crippen LogP) is 2.02. The van der Waals surface area contributed by atoms with Crippen molar-refractivity contribution in [2.45, 2.75) is 20.3 Å². The van der Waals surface area contributed by atoms with E-state index in [1.54, 1.807) is 0 Å². The van der Waals surface area contributed by atoms with Gasteiger partial charge in [0.15, 0.2) is 15.6 Å². The summed E-state index contributed by atoms with van der Waals surface area (Å²) in [6.45, 7) is 5.72. The van der Waals surface area contributed by atoms with E-state index in [1.165, 1.54) is 0 Å². The fourth-order valence-corrected chi connectivity index (χ4v) is 4.07. The number of rotatable bonds is 4. The van der Waals surface area contributed by atoms with E-state index in [-0.39, 0.29) is 17.3 Å². The Kier molecular flexibility index (Phi) is 4.84. The molecular formula is C16H23NO3S. The lowest BCUT2D eigenvalue weighted by molar-refractivity contribution is 0.0770. The molecule has 2 rings (SSSR count). The van der Waals surface area contributed by atoms with E-state index in [9.17, 15) is 13.2 Å². The van der Waals surface area contributed by atoms with Crippen LogP contribution in [-0.4, -0.2) is 50.2 Å². The summed E-state index contributed by atoms with van der Waals surface area (Å²) in [5.41, 5.74) is 0.195. The minimum Gasteiger partial charge on any atom is -0.301 e. The van der Waals surface area contributed by atoms with E-state index in [0.717, 1.165) is 6.54 Å². The van der Waals surface area contributed by atoms with E-state index in [4.69, 9.17) is 0 Å². The van der Waals surface area contributed by atoms with Gasteiger partial charge in [0.1, 0.15) is 0 Å². The van der Waals surface area contributed by atoms with Crippen LogP contribution in [0.4, 0.5) is 0 Å². The average Bonchev–Trinajstić information content (AvgIpc) is 2.60. The van der Waals surface area contributed by atoms with Crippen molar-refractivity contribution in [2.75, 3.05) is 31.1 Å². The van der Waals surface area contributed by atoms with Crippen molar-refractivity contribution >= 4 is 15.6 Å². The highest BCUT2D eigenvalue weighted by atomic mass is 32.2. The molecule has 0 unspecified atom stereocenters. The summed E-state index contributed by atoms with van der Waals surface area (Å²) in [5, 5.41) is 0. The Morgan fingerprint density at radius 2 is 1.81 bits per heavy atom. The third-order valence-corrected chi connectivity index (χ3v) is 5.63. The summed E-state index contributed by atoms with van der Waals surface area (Å²) < 4.78 is 23.3. The third-order valence-electron chi connectivity index (χ3n) is 3.92. The van der Waals surface area contributed by atoms with Gasteiger partial charge in [0.2, 0.25) is 0 Å². The van der Waals surface area contributed by atoms with Gasteiger partial charge in [0, 0.05) is 24.1 Å². The van der Waals surface area contributed by atoms with Crippen LogP contribution in [0.25, 0.3) is 0 Å². The molecule has 1 aromatic carbocycles. The van der Waals surface area contributed by atoms with Gasteiger partial charge in [0.25, 0.3) is 0 Å². The molecule has 0 atom stereocenters. The van der Waals surface area contributed by atoms with E-state index < -0.39 is 15.3 Å². The second-order valence-corrected chi connectivity index (χ2v) is 8.66. The molecule has 0 aliphatic carbocycles. The fourth-order valence-electron chi connectivity index (χ4n) is 2.76. The largest absolute Gasteiger partial charge is 0.301 e. The molecule has 0 N–H and O–H groups in total. The maximum atomic E-state index is 12.6. The molecule has 1 aliphatic rings. The van der Waals surface area contributed by atoms with Crippen molar-refractivity contribution in [3.8, 4) is 0 Å². The second-order valence-electron chi connectivity index (χ2n) is 6.36. The topological polar surface area (TPSA) is 54.5 Å². The molecule has 116 valence electrons. The number of nitrogens with zero attached hydrogens (tertiary/aromatic N) is 1. The maximum Gasteiger partial charge on any atom is 0.169 e. The van der Waals surface area contributed by atoms with Crippen LogP contribution in [-0.2, 0) is 9.84 Å². The van der Waals surface area contributed by atoms with Gasteiger partial charge in [-0.25, -0.2) is 8.42 Å². The Bertz CT molecular complexity index is 593. The molecule has 0 radical (unpaired) electrons. The fraction of sp³-hybridized carbons (Fsp3) is 0.562. The lowest BCUT2D eigenvalue weighted by Crippen LogP contribution is -2.40. The number of carbonyl (C=O) groups excluding carboxylic acids is 1. The summed E-state index contributed by atoms with van der Waals surface area (Å²) in [6, 6.07) is 9.28. The van der Waals surface area contributed by atoms with Crippen molar-refractivity contribution in [1.29, 1.82) is 0 Å². The highest BCUT2D eigenvalue weighted by Crippen LogP contribution is 2.24. The molecule has 4 nitrogen and oxygen atoms in total. The summed E-state index contributed by atoms with van der Waals surface area (Å²) in [7, 11) is -2.91. The third kappa shape index (κ3) is 4.38. The molecule has 1 saturated heterocycles. The lowest BCUT2D eigenvalue weighted by atomic mass is 9.83. The van der Waals surface area contributed by atoms with Gasteiger partial charge in [-0.2, -0.15) is 0 Å². The Hall–Kier alpha value is -1.20. The first-order valence-corrected chi connectivity index (χ1v) is 9.15. The Balaban J connectivity index is 2.05. The van der Waals surface area contributed by atoms with E-state index >= 15 is 0 Å². The molecule has 21 heavy (non-hydrogen) atoms. The molecule has 0 saturated carbocycles. The van der Waals surface area contributed by atoms with Crippen LogP contribution in [0.1, 0.15) is 30.6 Å². The number of sulfone groups is 1. The first-order valence-electron chi connectivity index (χ1n) is 7.33. The van der Waals surface area contributed by atoms with Gasteiger partial charge in [-0.15, -0.1) is 0 Å². The van der Waals surface area contributed by atoms with Crippen LogP contribution in [0.2, 0.25) is 0 Å². The van der Waals surface area contributed by atoms with E-state index in [1.807, 2.05) is 44.2 Å². The van der Waals surface area contributed by atoms with Crippen LogP contribution >= 0.6 is 0 Å². The first kappa shape index (κ1) is 16.2. The van der Waals surface area contributed by atoms with Crippen LogP contribution < -0.4 is 0 Å². The predicted molar refractivity (Wildman–Crippen MR) is 84.3 cm³/mol. The average molecular weight is 309 g/mol. The first-order chi connectivity index (χ1) is 9.80. The normalized spacial score (nSPS) is 19.9. The van der Waals surface area contributed by atoms with Crippen molar-refractivity contribution in [2.24, 2.45) is 5.41 Å². The Morgan fingerprint density at radius 3 is 2.48 bits per heavy atom. The number of Topliss-reactive ketones (excluding diaryl/α,β-unsaturated/α-hetero) is 1. The van der Waals surface area contributed by atoms with Crippen molar-refractivity contribution in [1.82, 2.24) is 4.90 Å². The minimum atomic E-state index is -2.91. The molecule has 1 aromatic rings. The van der Waals surface area contributed by atoms with Crippen molar-refractivity contribution in [3.05, 3.63) is 35.9 Å². The SMILES string of the molecule is CC(C)(CN1CCCS(=O)(=O)CC1)C(=O)c1ccccc1. The van der Waals surface area contributed by atoms with E-state index in [0.29, 0.717) is 25.1 Å². The Labute approximate surface area is 127 Å². The molecular weight excluding hydrogens is 286 g/mol. The van der Waals surface area contributed by atoms with Crippen molar-refractivity contribution < 1.29 is 13.2 Å². The zero-order valence-electron chi connectivity index (χ0n) is 12.7. The molecule has 0 bridgehead atoms. The van der Waals surface area contributed by atoms with Gasteiger partial charge >= 0.3 is 0 Å². The Morgan fingerprint density at radius 1 is 1.14 bits per heavy atom. The highest BCUT2D eigenvalue weighted by molar-refractivity contribution is 7.91. The number of carbonyl (C=O) groups is 1. The number of ketones is 1. The second kappa shape index (κ2) is 6.28. The molecule has 0 amide bonds. The number of hydrogen-bond acceptors (Lipinski definition) is 4. The van der Waals surface area contributed by atoms with Gasteiger partial charge in [-0.3, -0.25) is 4.79 Å².